The Labute approximate surface area is 132 Å². The second kappa shape index (κ2) is 6.58. The van der Waals surface area contributed by atoms with Crippen molar-refractivity contribution in [2.24, 2.45) is 0 Å². The SMILES string of the molecule is CNC(c1ccc(Br)c(F)c1)c1c(OC)cnn1C(C)C. The van der Waals surface area contributed by atoms with Gasteiger partial charge >= 0.3 is 0 Å². The molecule has 1 aromatic carbocycles. The molecule has 0 saturated heterocycles. The molecule has 4 nitrogen and oxygen atoms in total. The van der Waals surface area contributed by atoms with Crippen LogP contribution in [0.4, 0.5) is 4.39 Å². The van der Waals surface area contributed by atoms with Crippen LogP contribution in [0.15, 0.2) is 28.9 Å². The van der Waals surface area contributed by atoms with E-state index in [1.54, 1.807) is 19.4 Å². The van der Waals surface area contributed by atoms with Crippen LogP contribution >= 0.6 is 15.9 Å². The van der Waals surface area contributed by atoms with E-state index in [0.29, 0.717) is 10.2 Å². The Morgan fingerprint density at radius 1 is 1.38 bits per heavy atom. The maximum Gasteiger partial charge on any atom is 0.161 e. The Morgan fingerprint density at radius 2 is 2.10 bits per heavy atom. The summed E-state index contributed by atoms with van der Waals surface area (Å²) < 4.78 is 21.6. The van der Waals surface area contributed by atoms with E-state index < -0.39 is 0 Å². The zero-order valence-electron chi connectivity index (χ0n) is 12.5. The molecule has 1 N–H and O–H groups in total. The van der Waals surface area contributed by atoms with E-state index in [1.165, 1.54) is 6.07 Å². The zero-order chi connectivity index (χ0) is 15.6. The summed E-state index contributed by atoms with van der Waals surface area (Å²) in [6.45, 7) is 4.09. The van der Waals surface area contributed by atoms with Gasteiger partial charge in [-0.25, -0.2) is 4.39 Å². The molecule has 1 unspecified atom stereocenters. The molecule has 114 valence electrons. The van der Waals surface area contributed by atoms with Gasteiger partial charge in [-0.3, -0.25) is 4.68 Å². The second-order valence-electron chi connectivity index (χ2n) is 5.03. The van der Waals surface area contributed by atoms with Gasteiger partial charge in [0, 0.05) is 6.04 Å². The van der Waals surface area contributed by atoms with Crippen LogP contribution < -0.4 is 10.1 Å². The summed E-state index contributed by atoms with van der Waals surface area (Å²) in [5, 5.41) is 7.58. The molecule has 2 aromatic rings. The van der Waals surface area contributed by atoms with Crippen LogP contribution in [0.5, 0.6) is 5.75 Å². The first-order valence-electron chi connectivity index (χ1n) is 6.73. The van der Waals surface area contributed by atoms with Crippen molar-refractivity contribution < 1.29 is 9.13 Å². The number of halogens is 2. The van der Waals surface area contributed by atoms with Gasteiger partial charge < -0.3 is 10.1 Å². The average Bonchev–Trinajstić information content (AvgIpc) is 2.87. The van der Waals surface area contributed by atoms with Crippen molar-refractivity contribution in [3.05, 3.63) is 45.9 Å². The van der Waals surface area contributed by atoms with E-state index in [4.69, 9.17) is 4.74 Å². The summed E-state index contributed by atoms with van der Waals surface area (Å²) in [6.07, 6.45) is 1.69. The highest BCUT2D eigenvalue weighted by atomic mass is 79.9. The van der Waals surface area contributed by atoms with Crippen molar-refractivity contribution >= 4 is 15.9 Å². The standard InChI is InChI=1S/C15H19BrFN3O/c1-9(2)20-15(13(21-4)8-19-20)14(18-3)10-5-6-11(16)12(17)7-10/h5-9,14,18H,1-4H3. The van der Waals surface area contributed by atoms with Crippen LogP contribution in [0.3, 0.4) is 0 Å². The van der Waals surface area contributed by atoms with E-state index in [-0.39, 0.29) is 17.9 Å². The van der Waals surface area contributed by atoms with Gasteiger partial charge in [0.2, 0.25) is 0 Å². The van der Waals surface area contributed by atoms with Crippen LogP contribution in [0.2, 0.25) is 0 Å². The Kier molecular flexibility index (Phi) is 5.00. The molecule has 1 aromatic heterocycles. The first-order chi connectivity index (χ1) is 9.99. The number of benzene rings is 1. The Morgan fingerprint density at radius 3 is 2.62 bits per heavy atom. The van der Waals surface area contributed by atoms with E-state index in [2.05, 4.69) is 26.3 Å². The lowest BCUT2D eigenvalue weighted by Crippen LogP contribution is -2.23. The number of methoxy groups -OCH3 is 1. The summed E-state index contributed by atoms with van der Waals surface area (Å²) in [6, 6.07) is 5.08. The maximum absolute atomic E-state index is 13.8. The fourth-order valence-electron chi connectivity index (χ4n) is 2.35. The quantitative estimate of drug-likeness (QED) is 0.888. The van der Waals surface area contributed by atoms with Crippen LogP contribution in [-0.2, 0) is 0 Å². The molecule has 0 spiro atoms. The number of ether oxygens (including phenoxy) is 1. The van der Waals surface area contributed by atoms with E-state index >= 15 is 0 Å². The van der Waals surface area contributed by atoms with Crippen LogP contribution in [0.25, 0.3) is 0 Å². The van der Waals surface area contributed by atoms with Crippen molar-refractivity contribution in [2.45, 2.75) is 25.9 Å². The first kappa shape index (κ1) is 16.0. The summed E-state index contributed by atoms with van der Waals surface area (Å²) in [5.41, 5.74) is 1.70. The predicted molar refractivity (Wildman–Crippen MR) is 84.2 cm³/mol. The van der Waals surface area contributed by atoms with Gasteiger partial charge in [-0.2, -0.15) is 5.10 Å². The minimum Gasteiger partial charge on any atom is -0.493 e. The van der Waals surface area contributed by atoms with Crippen LogP contribution in [0.1, 0.15) is 37.2 Å². The van der Waals surface area contributed by atoms with Gasteiger partial charge in [0.1, 0.15) is 11.5 Å². The number of aromatic nitrogens is 2. The first-order valence-corrected chi connectivity index (χ1v) is 7.52. The number of nitrogens with one attached hydrogen (secondary N) is 1. The highest BCUT2D eigenvalue weighted by Crippen LogP contribution is 2.32. The molecule has 0 aliphatic heterocycles. The smallest absolute Gasteiger partial charge is 0.161 e. The van der Waals surface area contributed by atoms with Gasteiger partial charge in [-0.1, -0.05) is 6.07 Å². The summed E-state index contributed by atoms with van der Waals surface area (Å²) in [7, 11) is 3.45. The van der Waals surface area contributed by atoms with Crippen molar-refractivity contribution in [3.8, 4) is 5.75 Å². The van der Waals surface area contributed by atoms with Gasteiger partial charge in [-0.15, -0.1) is 0 Å². The Bertz CT molecular complexity index is 627. The molecule has 0 aliphatic carbocycles. The normalized spacial score (nSPS) is 12.7. The van der Waals surface area contributed by atoms with Crippen molar-refractivity contribution in [3.63, 3.8) is 0 Å². The molecule has 21 heavy (non-hydrogen) atoms. The summed E-state index contributed by atoms with van der Waals surface area (Å²) >= 11 is 3.18. The minimum absolute atomic E-state index is 0.181. The van der Waals surface area contributed by atoms with E-state index in [1.807, 2.05) is 31.6 Å². The third-order valence-electron chi connectivity index (χ3n) is 3.35. The van der Waals surface area contributed by atoms with E-state index in [9.17, 15) is 4.39 Å². The highest BCUT2D eigenvalue weighted by molar-refractivity contribution is 9.10. The number of rotatable bonds is 5. The van der Waals surface area contributed by atoms with Gasteiger partial charge in [0.15, 0.2) is 5.75 Å². The topological polar surface area (TPSA) is 39.1 Å². The monoisotopic (exact) mass is 355 g/mol. The average molecular weight is 356 g/mol. The fraction of sp³-hybridized carbons (Fsp3) is 0.400. The summed E-state index contributed by atoms with van der Waals surface area (Å²) in [5.74, 6) is 0.397. The van der Waals surface area contributed by atoms with Gasteiger partial charge in [0.05, 0.1) is 23.8 Å². The molecule has 1 atom stereocenters. The summed E-state index contributed by atoms with van der Waals surface area (Å²) in [4.78, 5) is 0. The largest absolute Gasteiger partial charge is 0.493 e. The zero-order valence-corrected chi connectivity index (χ0v) is 14.1. The molecular formula is C15H19BrFN3O. The Hall–Kier alpha value is -1.40. The van der Waals surface area contributed by atoms with E-state index in [0.717, 1.165) is 11.3 Å². The molecule has 0 radical (unpaired) electrons. The lowest BCUT2D eigenvalue weighted by atomic mass is 10.0. The third-order valence-corrected chi connectivity index (χ3v) is 3.99. The van der Waals surface area contributed by atoms with Crippen molar-refractivity contribution in [1.29, 1.82) is 0 Å². The fourth-order valence-corrected chi connectivity index (χ4v) is 2.60. The predicted octanol–water partition coefficient (Wildman–Crippen LogP) is 3.68. The molecule has 1 heterocycles. The van der Waals surface area contributed by atoms with Crippen molar-refractivity contribution in [1.82, 2.24) is 15.1 Å². The molecular weight excluding hydrogens is 337 g/mol. The van der Waals surface area contributed by atoms with Gasteiger partial charge in [0.25, 0.3) is 0 Å². The molecule has 6 heteroatoms. The lowest BCUT2D eigenvalue weighted by Gasteiger charge is -2.21. The van der Waals surface area contributed by atoms with Gasteiger partial charge in [-0.05, 0) is 54.5 Å². The maximum atomic E-state index is 13.8. The molecule has 2 rings (SSSR count). The molecule has 0 fully saturated rings. The molecule has 0 bridgehead atoms. The highest BCUT2D eigenvalue weighted by Gasteiger charge is 2.24. The number of hydrogen-bond donors (Lipinski definition) is 1. The molecule has 0 saturated carbocycles. The number of nitrogens with zero attached hydrogens (tertiary/aromatic N) is 2. The van der Waals surface area contributed by atoms with Crippen LogP contribution in [0, 0.1) is 5.82 Å². The Balaban J connectivity index is 2.55. The third kappa shape index (κ3) is 3.11. The number of hydrogen-bond acceptors (Lipinski definition) is 3. The second-order valence-corrected chi connectivity index (χ2v) is 5.89. The minimum atomic E-state index is -0.290. The van der Waals surface area contributed by atoms with Crippen molar-refractivity contribution in [2.75, 3.05) is 14.2 Å². The van der Waals surface area contributed by atoms with Crippen LogP contribution in [-0.4, -0.2) is 23.9 Å². The lowest BCUT2D eigenvalue weighted by molar-refractivity contribution is 0.396. The molecule has 0 aliphatic rings. The molecule has 0 amide bonds.